The van der Waals surface area contributed by atoms with E-state index >= 15 is 0 Å². The van der Waals surface area contributed by atoms with Crippen molar-refractivity contribution in [3.05, 3.63) is 64.9 Å². The Balaban J connectivity index is 2.03. The monoisotopic (exact) mass is 281 g/mol. The second-order valence-corrected chi connectivity index (χ2v) is 5.34. The lowest BCUT2D eigenvalue weighted by molar-refractivity contribution is 0.602. The van der Waals surface area contributed by atoms with Gasteiger partial charge in [-0.15, -0.1) is 11.8 Å². The minimum absolute atomic E-state index is 0.205. The molecule has 0 aromatic heterocycles. The van der Waals surface area contributed by atoms with Crippen LogP contribution < -0.4 is 5.73 Å². The average molecular weight is 282 g/mol. The first-order valence-corrected chi connectivity index (χ1v) is 6.92. The Morgan fingerprint density at radius 3 is 2.50 bits per heavy atom. The van der Waals surface area contributed by atoms with Crippen LogP contribution in [0.4, 0.5) is 4.39 Å². The van der Waals surface area contributed by atoms with Crippen LogP contribution in [0.25, 0.3) is 0 Å². The molecule has 94 valence electrons. The fourth-order valence-electron chi connectivity index (χ4n) is 1.61. The molecule has 0 saturated carbocycles. The Labute approximate surface area is 115 Å². The van der Waals surface area contributed by atoms with Gasteiger partial charge in [0.1, 0.15) is 5.82 Å². The van der Waals surface area contributed by atoms with Crippen molar-refractivity contribution in [3.63, 3.8) is 0 Å². The molecule has 18 heavy (non-hydrogen) atoms. The van der Waals surface area contributed by atoms with Gasteiger partial charge in [-0.1, -0.05) is 41.9 Å². The van der Waals surface area contributed by atoms with Crippen LogP contribution in [0.3, 0.4) is 0 Å². The maximum Gasteiger partial charge on any atom is 0.136 e. The quantitative estimate of drug-likeness (QED) is 0.847. The van der Waals surface area contributed by atoms with E-state index in [0.717, 1.165) is 5.56 Å². The lowest BCUT2D eigenvalue weighted by Crippen LogP contribution is -2.13. The number of thioether (sulfide) groups is 1. The van der Waals surface area contributed by atoms with E-state index in [-0.39, 0.29) is 11.9 Å². The predicted molar refractivity (Wildman–Crippen MR) is 75.5 cm³/mol. The van der Waals surface area contributed by atoms with Crippen LogP contribution in [0.1, 0.15) is 11.6 Å². The molecule has 2 rings (SSSR count). The molecule has 4 heteroatoms. The summed E-state index contributed by atoms with van der Waals surface area (Å²) in [5, 5.41) is 0.652. The molecule has 0 amide bonds. The first-order chi connectivity index (χ1) is 8.68. The summed E-state index contributed by atoms with van der Waals surface area (Å²) in [7, 11) is 0. The molecule has 0 aliphatic rings. The highest BCUT2D eigenvalue weighted by molar-refractivity contribution is 7.99. The maximum absolute atomic E-state index is 13.4. The number of rotatable bonds is 4. The second kappa shape index (κ2) is 6.23. The summed E-state index contributed by atoms with van der Waals surface area (Å²) in [5.74, 6) is 0.374. The Hall–Kier alpha value is -1.03. The molecular weight excluding hydrogens is 269 g/mol. The molecule has 0 radical (unpaired) electrons. The smallest absolute Gasteiger partial charge is 0.136 e. The maximum atomic E-state index is 13.4. The highest BCUT2D eigenvalue weighted by Gasteiger charge is 2.11. The molecule has 0 heterocycles. The topological polar surface area (TPSA) is 26.0 Å². The third kappa shape index (κ3) is 3.25. The van der Waals surface area contributed by atoms with Crippen molar-refractivity contribution in [1.29, 1.82) is 0 Å². The van der Waals surface area contributed by atoms with Gasteiger partial charge in [-0.3, -0.25) is 0 Å². The van der Waals surface area contributed by atoms with Gasteiger partial charge < -0.3 is 5.73 Å². The van der Waals surface area contributed by atoms with E-state index in [9.17, 15) is 4.39 Å². The van der Waals surface area contributed by atoms with Crippen molar-refractivity contribution in [2.24, 2.45) is 5.73 Å². The first-order valence-electron chi connectivity index (χ1n) is 5.56. The fraction of sp³-hybridized carbons (Fsp3) is 0.143. The summed E-state index contributed by atoms with van der Waals surface area (Å²) in [6.45, 7) is 0. The summed E-state index contributed by atoms with van der Waals surface area (Å²) >= 11 is 7.47. The lowest BCUT2D eigenvalue weighted by atomic mass is 10.1. The highest BCUT2D eigenvalue weighted by Crippen LogP contribution is 2.28. The third-order valence-corrected chi connectivity index (χ3v) is 4.07. The molecular formula is C14H13ClFNS. The molecule has 2 aromatic carbocycles. The van der Waals surface area contributed by atoms with Crippen molar-refractivity contribution >= 4 is 23.4 Å². The second-order valence-electron chi connectivity index (χ2n) is 3.87. The van der Waals surface area contributed by atoms with Crippen molar-refractivity contribution in [2.75, 3.05) is 5.75 Å². The number of nitrogens with two attached hydrogens (primary N) is 1. The van der Waals surface area contributed by atoms with Crippen molar-refractivity contribution in [1.82, 2.24) is 0 Å². The van der Waals surface area contributed by atoms with Crippen LogP contribution in [0.5, 0.6) is 0 Å². The Kier molecular flexibility index (Phi) is 4.64. The molecule has 0 aliphatic carbocycles. The molecule has 0 aliphatic heterocycles. The molecule has 1 nitrogen and oxygen atoms in total. The van der Waals surface area contributed by atoms with E-state index < -0.39 is 0 Å². The summed E-state index contributed by atoms with van der Waals surface area (Å²) in [4.78, 5) is 0.611. The van der Waals surface area contributed by atoms with Crippen molar-refractivity contribution in [3.8, 4) is 0 Å². The molecule has 2 aromatic rings. The van der Waals surface area contributed by atoms with E-state index in [0.29, 0.717) is 15.7 Å². The number of benzene rings is 2. The summed E-state index contributed by atoms with van der Waals surface area (Å²) < 4.78 is 13.4. The van der Waals surface area contributed by atoms with Gasteiger partial charge in [0, 0.05) is 21.7 Å². The van der Waals surface area contributed by atoms with Gasteiger partial charge >= 0.3 is 0 Å². The molecule has 0 spiro atoms. The zero-order chi connectivity index (χ0) is 13.0. The van der Waals surface area contributed by atoms with Crippen LogP contribution >= 0.6 is 23.4 Å². The van der Waals surface area contributed by atoms with Gasteiger partial charge in [0.15, 0.2) is 0 Å². The van der Waals surface area contributed by atoms with E-state index in [1.54, 1.807) is 12.1 Å². The van der Waals surface area contributed by atoms with E-state index in [4.69, 9.17) is 17.3 Å². The van der Waals surface area contributed by atoms with Crippen molar-refractivity contribution < 1.29 is 4.39 Å². The SMILES string of the molecule is NC(CSc1ccccc1F)c1ccccc1Cl. The van der Waals surface area contributed by atoms with E-state index in [1.165, 1.54) is 17.8 Å². The molecule has 0 saturated heterocycles. The molecule has 1 atom stereocenters. The fourth-order valence-corrected chi connectivity index (χ4v) is 2.80. The Morgan fingerprint density at radius 1 is 1.11 bits per heavy atom. The average Bonchev–Trinajstić information content (AvgIpc) is 2.38. The van der Waals surface area contributed by atoms with Gasteiger partial charge in [0.25, 0.3) is 0 Å². The van der Waals surface area contributed by atoms with Gasteiger partial charge in [-0.2, -0.15) is 0 Å². The van der Waals surface area contributed by atoms with Crippen LogP contribution in [0.15, 0.2) is 53.4 Å². The lowest BCUT2D eigenvalue weighted by Gasteiger charge is -2.13. The third-order valence-electron chi connectivity index (χ3n) is 2.56. The van der Waals surface area contributed by atoms with Crippen LogP contribution in [-0.4, -0.2) is 5.75 Å². The predicted octanol–water partition coefficient (Wildman–Crippen LogP) is 4.27. The minimum atomic E-state index is -0.214. The van der Waals surface area contributed by atoms with Crippen LogP contribution in [-0.2, 0) is 0 Å². The summed E-state index contributed by atoms with van der Waals surface area (Å²) in [5.41, 5.74) is 6.96. The number of halogens is 2. The number of hydrogen-bond acceptors (Lipinski definition) is 2. The van der Waals surface area contributed by atoms with Crippen LogP contribution in [0.2, 0.25) is 5.02 Å². The first kappa shape index (κ1) is 13.4. The summed E-state index contributed by atoms with van der Waals surface area (Å²) in [6, 6.07) is 13.9. The zero-order valence-electron chi connectivity index (χ0n) is 9.64. The number of hydrogen-bond donors (Lipinski definition) is 1. The molecule has 2 N–H and O–H groups in total. The normalized spacial score (nSPS) is 12.4. The zero-order valence-corrected chi connectivity index (χ0v) is 11.2. The Morgan fingerprint density at radius 2 is 1.78 bits per heavy atom. The molecule has 0 bridgehead atoms. The minimum Gasteiger partial charge on any atom is -0.323 e. The Bertz CT molecular complexity index is 533. The van der Waals surface area contributed by atoms with Crippen LogP contribution in [0, 0.1) is 5.82 Å². The largest absolute Gasteiger partial charge is 0.323 e. The molecule has 0 fully saturated rings. The highest BCUT2D eigenvalue weighted by atomic mass is 35.5. The van der Waals surface area contributed by atoms with E-state index in [1.807, 2.05) is 30.3 Å². The van der Waals surface area contributed by atoms with Crippen molar-refractivity contribution in [2.45, 2.75) is 10.9 Å². The summed E-state index contributed by atoms with van der Waals surface area (Å²) in [6.07, 6.45) is 0. The van der Waals surface area contributed by atoms with Gasteiger partial charge in [0.2, 0.25) is 0 Å². The molecule has 1 unspecified atom stereocenters. The van der Waals surface area contributed by atoms with Gasteiger partial charge in [-0.25, -0.2) is 4.39 Å². The van der Waals surface area contributed by atoms with Gasteiger partial charge in [0.05, 0.1) is 0 Å². The standard InChI is InChI=1S/C14H13ClFNS/c15-11-6-2-1-5-10(11)13(17)9-18-14-8-4-3-7-12(14)16/h1-8,13H,9,17H2. The van der Waals surface area contributed by atoms with Gasteiger partial charge in [-0.05, 0) is 23.8 Å². The van der Waals surface area contributed by atoms with E-state index in [2.05, 4.69) is 0 Å².